The van der Waals surface area contributed by atoms with Crippen molar-refractivity contribution in [1.29, 1.82) is 0 Å². The highest BCUT2D eigenvalue weighted by atomic mass is 16.3. The average Bonchev–Trinajstić information content (AvgIpc) is 3.25. The van der Waals surface area contributed by atoms with Crippen molar-refractivity contribution >= 4 is 0 Å². The molecular formula is C60H112NO+. The summed E-state index contributed by atoms with van der Waals surface area (Å²) in [5.74, 6) is 0. The number of unbranched alkanes of at least 4 members (excludes halogenated alkanes) is 27. The van der Waals surface area contributed by atoms with Gasteiger partial charge in [-0.15, -0.1) is 0 Å². The minimum atomic E-state index is -0.179. The summed E-state index contributed by atoms with van der Waals surface area (Å²) in [6.07, 6.45) is 77.9. The van der Waals surface area contributed by atoms with Crippen LogP contribution >= 0.6 is 0 Å². The molecule has 0 aliphatic rings. The second-order valence-electron chi connectivity index (χ2n) is 20.4. The zero-order valence-electron chi connectivity index (χ0n) is 43.2. The van der Waals surface area contributed by atoms with E-state index < -0.39 is 0 Å². The maximum atomic E-state index is 12.1. The van der Waals surface area contributed by atoms with Crippen molar-refractivity contribution in [3.05, 3.63) is 72.9 Å². The lowest BCUT2D eigenvalue weighted by Gasteiger charge is -2.43. The Balaban J connectivity index is 4.85. The van der Waals surface area contributed by atoms with E-state index in [0.29, 0.717) is 0 Å². The van der Waals surface area contributed by atoms with Gasteiger partial charge in [0.1, 0.15) is 0 Å². The molecule has 0 amide bonds. The number of hydrogen-bond acceptors (Lipinski definition) is 1. The highest BCUT2D eigenvalue weighted by molar-refractivity contribution is 4.94. The molecule has 62 heavy (non-hydrogen) atoms. The molecule has 0 rings (SSSR count). The van der Waals surface area contributed by atoms with Gasteiger partial charge in [-0.2, -0.15) is 0 Å². The summed E-state index contributed by atoms with van der Waals surface area (Å²) in [6, 6.07) is 0. The Kier molecular flexibility index (Phi) is 46.1. The average molecular weight is 864 g/mol. The fourth-order valence-electron chi connectivity index (χ4n) is 9.23. The summed E-state index contributed by atoms with van der Waals surface area (Å²) in [4.78, 5) is 0. The number of nitrogens with zero attached hydrogens (tertiary/aromatic N) is 1. The molecule has 0 saturated heterocycles. The van der Waals surface area contributed by atoms with E-state index in [1.807, 2.05) is 0 Å². The van der Waals surface area contributed by atoms with E-state index in [0.717, 1.165) is 36.7 Å². The summed E-state index contributed by atoms with van der Waals surface area (Å²) in [5, 5.41) is 12.1. The Hall–Kier alpha value is -1.64. The molecule has 0 fully saturated rings. The first-order chi connectivity index (χ1) is 30.3. The molecule has 0 aromatic carbocycles. The summed E-state index contributed by atoms with van der Waals surface area (Å²) in [7, 11) is 7.08. The van der Waals surface area contributed by atoms with Gasteiger partial charge in [-0.1, -0.05) is 229 Å². The van der Waals surface area contributed by atoms with Crippen LogP contribution in [0.4, 0.5) is 0 Å². The highest BCUT2D eigenvalue weighted by Gasteiger charge is 2.41. The molecule has 0 heterocycles. The van der Waals surface area contributed by atoms with E-state index in [-0.39, 0.29) is 11.5 Å². The number of hydrogen-bond donors (Lipinski definition) is 1. The zero-order chi connectivity index (χ0) is 45.3. The van der Waals surface area contributed by atoms with Crippen LogP contribution in [0.3, 0.4) is 0 Å². The van der Waals surface area contributed by atoms with Gasteiger partial charge in [-0.05, 0) is 116 Å². The SMILES string of the molecule is CCCCCC=CCC=CCCCCCCCCC(O)C(CCCCCCCC/C=C\C/C=C\CCCCC)(CCCCCCCC/C=C\C/C=C\CCCCC)C[N+](C)(C)C. The summed E-state index contributed by atoms with van der Waals surface area (Å²) in [5.41, 5.74) is 0.0414. The lowest BCUT2D eigenvalue weighted by molar-refractivity contribution is -0.878. The molecule has 1 unspecified atom stereocenters. The van der Waals surface area contributed by atoms with Gasteiger partial charge < -0.3 is 9.59 Å². The number of aliphatic hydroxyl groups is 1. The number of aliphatic hydroxyl groups excluding tert-OH is 1. The molecule has 2 heteroatoms. The van der Waals surface area contributed by atoms with Gasteiger partial charge in [0.25, 0.3) is 0 Å². The lowest BCUT2D eigenvalue weighted by Crippen LogP contribution is -2.50. The van der Waals surface area contributed by atoms with Crippen molar-refractivity contribution in [2.24, 2.45) is 5.41 Å². The van der Waals surface area contributed by atoms with E-state index in [2.05, 4.69) is 115 Å². The molecule has 362 valence electrons. The monoisotopic (exact) mass is 863 g/mol. The molecule has 0 bridgehead atoms. The van der Waals surface area contributed by atoms with E-state index in [4.69, 9.17) is 0 Å². The van der Waals surface area contributed by atoms with Gasteiger partial charge in [0.2, 0.25) is 0 Å². The van der Waals surface area contributed by atoms with E-state index in [1.54, 1.807) is 0 Å². The van der Waals surface area contributed by atoms with Gasteiger partial charge in [-0.25, -0.2) is 0 Å². The van der Waals surface area contributed by atoms with Crippen LogP contribution in [0.15, 0.2) is 72.9 Å². The minimum absolute atomic E-state index is 0.0414. The first-order valence-electron chi connectivity index (χ1n) is 27.7. The Morgan fingerprint density at radius 3 is 0.887 bits per heavy atom. The molecule has 0 aliphatic heterocycles. The Bertz CT molecular complexity index is 1020. The largest absolute Gasteiger partial charge is 0.392 e. The van der Waals surface area contributed by atoms with Gasteiger partial charge in [0, 0.05) is 5.41 Å². The second kappa shape index (κ2) is 47.3. The van der Waals surface area contributed by atoms with E-state index >= 15 is 0 Å². The minimum Gasteiger partial charge on any atom is -0.392 e. The molecule has 0 radical (unpaired) electrons. The number of quaternary nitrogens is 1. The number of allylic oxidation sites excluding steroid dienone is 12. The molecule has 2 nitrogen and oxygen atoms in total. The molecule has 1 N–H and O–H groups in total. The fourth-order valence-corrected chi connectivity index (χ4v) is 9.23. The van der Waals surface area contributed by atoms with Gasteiger partial charge in [-0.3, -0.25) is 0 Å². The predicted octanol–water partition coefficient (Wildman–Crippen LogP) is 19.7. The third kappa shape index (κ3) is 43.6. The maximum Gasteiger partial charge on any atom is 0.0862 e. The van der Waals surface area contributed by atoms with Crippen molar-refractivity contribution in [3.8, 4) is 0 Å². The van der Waals surface area contributed by atoms with Gasteiger partial charge >= 0.3 is 0 Å². The molecule has 0 aliphatic carbocycles. The molecule has 0 spiro atoms. The third-order valence-electron chi connectivity index (χ3n) is 12.9. The zero-order valence-corrected chi connectivity index (χ0v) is 43.2. The van der Waals surface area contributed by atoms with Crippen molar-refractivity contribution in [2.75, 3.05) is 27.7 Å². The van der Waals surface area contributed by atoms with Crippen LogP contribution in [0.25, 0.3) is 0 Å². The second-order valence-corrected chi connectivity index (χ2v) is 20.4. The standard InChI is InChI=1S/C60H112NO/c1-7-10-13-16-19-22-25-28-31-34-37-40-43-46-49-52-55-59(62)60(58-61(4,5)6,56-53-50-47-44-41-38-35-32-29-26-23-20-17-14-11-8-2)57-54-51-48-45-42-39-36-33-30-27-24-21-18-15-12-9-3/h19-24,28-33,59,62H,7-18,25-27,34-58H2,1-6H3/q+1/b22-19?,23-20-,24-21-,31-28?,32-29-,33-30-. The first kappa shape index (κ1) is 60.4. The smallest absolute Gasteiger partial charge is 0.0862 e. The topological polar surface area (TPSA) is 20.2 Å². The van der Waals surface area contributed by atoms with Crippen molar-refractivity contribution in [2.45, 2.75) is 277 Å². The molecule has 1 atom stereocenters. The Morgan fingerprint density at radius 1 is 0.339 bits per heavy atom. The van der Waals surface area contributed by atoms with Crippen LogP contribution in [0.1, 0.15) is 271 Å². The third-order valence-corrected chi connectivity index (χ3v) is 12.9. The van der Waals surface area contributed by atoms with Crippen molar-refractivity contribution in [1.82, 2.24) is 0 Å². The first-order valence-corrected chi connectivity index (χ1v) is 27.7. The van der Waals surface area contributed by atoms with Gasteiger partial charge in [0.05, 0.1) is 33.8 Å². The van der Waals surface area contributed by atoms with Crippen LogP contribution in [0.2, 0.25) is 0 Å². The van der Waals surface area contributed by atoms with Crippen molar-refractivity contribution in [3.63, 3.8) is 0 Å². The Morgan fingerprint density at radius 2 is 0.597 bits per heavy atom. The molecular weight excluding hydrogens is 751 g/mol. The molecule has 0 aromatic rings. The van der Waals surface area contributed by atoms with Crippen LogP contribution in [0, 0.1) is 5.41 Å². The summed E-state index contributed by atoms with van der Waals surface area (Å²) in [6.45, 7) is 7.92. The van der Waals surface area contributed by atoms with Crippen LogP contribution in [-0.2, 0) is 0 Å². The fraction of sp³-hybridized carbons (Fsp3) is 0.800. The summed E-state index contributed by atoms with van der Waals surface area (Å²) < 4.78 is 0.949. The van der Waals surface area contributed by atoms with Crippen molar-refractivity contribution < 1.29 is 9.59 Å². The normalized spacial score (nSPS) is 13.6. The number of rotatable bonds is 48. The van der Waals surface area contributed by atoms with Crippen LogP contribution in [0.5, 0.6) is 0 Å². The predicted molar refractivity (Wildman–Crippen MR) is 283 cm³/mol. The van der Waals surface area contributed by atoms with E-state index in [9.17, 15) is 5.11 Å². The maximum absolute atomic E-state index is 12.1. The van der Waals surface area contributed by atoms with Crippen LogP contribution in [-0.4, -0.2) is 43.4 Å². The molecule has 0 saturated carbocycles. The lowest BCUT2D eigenvalue weighted by atomic mass is 9.71. The summed E-state index contributed by atoms with van der Waals surface area (Å²) >= 11 is 0. The highest BCUT2D eigenvalue weighted by Crippen LogP contribution is 2.39. The Labute approximate surface area is 391 Å². The quantitative estimate of drug-likeness (QED) is 0.0367. The van der Waals surface area contributed by atoms with Gasteiger partial charge in [0.15, 0.2) is 0 Å². The molecule has 0 aromatic heterocycles. The van der Waals surface area contributed by atoms with Crippen LogP contribution < -0.4 is 0 Å². The van der Waals surface area contributed by atoms with E-state index in [1.165, 1.54) is 225 Å².